The molecule has 1 aromatic carbocycles. The molecule has 1 unspecified atom stereocenters. The lowest BCUT2D eigenvalue weighted by Crippen LogP contribution is -2.49. The molecule has 27 heavy (non-hydrogen) atoms. The molecule has 1 aliphatic rings. The number of rotatable bonds is 5. The van der Waals surface area contributed by atoms with E-state index in [-0.39, 0.29) is 5.91 Å². The normalized spacial score (nSPS) is 16.9. The van der Waals surface area contributed by atoms with Crippen molar-refractivity contribution < 1.29 is 23.7 Å². The Balaban J connectivity index is 2.08. The van der Waals surface area contributed by atoms with Gasteiger partial charge in [0.05, 0.1) is 39.9 Å². The number of ether oxygens (including phenoxy) is 4. The van der Waals surface area contributed by atoms with Crippen molar-refractivity contribution in [1.82, 2.24) is 14.9 Å². The quantitative estimate of drug-likeness (QED) is 0.762. The second kappa shape index (κ2) is 7.83. The van der Waals surface area contributed by atoms with Crippen LogP contribution in [0.5, 0.6) is 17.2 Å². The summed E-state index contributed by atoms with van der Waals surface area (Å²) in [5, 5.41) is 0.755. The molecule has 0 spiro atoms. The van der Waals surface area contributed by atoms with Gasteiger partial charge < -0.3 is 28.7 Å². The maximum atomic E-state index is 12.3. The van der Waals surface area contributed by atoms with Gasteiger partial charge in [-0.3, -0.25) is 4.79 Å². The zero-order chi connectivity index (χ0) is 19.6. The molecule has 0 saturated carbocycles. The third-order valence-corrected chi connectivity index (χ3v) is 4.49. The molecule has 146 valence electrons. The first kappa shape index (κ1) is 19.0. The summed E-state index contributed by atoms with van der Waals surface area (Å²) in [5.74, 6) is 2.09. The van der Waals surface area contributed by atoms with Gasteiger partial charge in [-0.05, 0) is 6.07 Å². The average Bonchev–Trinajstić information content (AvgIpc) is 2.70. The number of hydrogen-bond donors (Lipinski definition) is 0. The van der Waals surface area contributed by atoms with E-state index < -0.39 is 6.10 Å². The molecular weight excluding hydrogens is 352 g/mol. The van der Waals surface area contributed by atoms with Gasteiger partial charge in [-0.15, -0.1) is 0 Å². The number of morpholine rings is 1. The highest BCUT2D eigenvalue weighted by Gasteiger charge is 2.30. The molecule has 0 radical (unpaired) electrons. The lowest BCUT2D eigenvalue weighted by Gasteiger charge is -2.34. The Morgan fingerprint density at radius 2 is 1.93 bits per heavy atom. The largest absolute Gasteiger partial charge is 0.493 e. The monoisotopic (exact) mass is 376 g/mol. The second-order valence-electron chi connectivity index (χ2n) is 6.28. The van der Waals surface area contributed by atoms with E-state index in [2.05, 4.69) is 9.97 Å². The fourth-order valence-corrected chi connectivity index (χ4v) is 3.18. The molecule has 2 aromatic rings. The topological polar surface area (TPSA) is 86.3 Å². The molecule has 3 rings (SSSR count). The minimum absolute atomic E-state index is 0.0742. The first-order valence-electron chi connectivity index (χ1n) is 8.53. The minimum Gasteiger partial charge on any atom is -0.493 e. The van der Waals surface area contributed by atoms with E-state index in [4.69, 9.17) is 18.9 Å². The Hall–Kier alpha value is -2.81. The maximum absolute atomic E-state index is 12.3. The van der Waals surface area contributed by atoms with Crippen molar-refractivity contribution in [2.75, 3.05) is 60.0 Å². The molecule has 1 aromatic heterocycles. The van der Waals surface area contributed by atoms with E-state index in [1.807, 2.05) is 11.0 Å². The van der Waals surface area contributed by atoms with Gasteiger partial charge >= 0.3 is 0 Å². The van der Waals surface area contributed by atoms with E-state index in [1.54, 1.807) is 35.4 Å². The smallest absolute Gasteiger partial charge is 0.253 e. The van der Waals surface area contributed by atoms with Crippen LogP contribution in [0.15, 0.2) is 12.4 Å². The van der Waals surface area contributed by atoms with Crippen LogP contribution < -0.4 is 19.1 Å². The lowest BCUT2D eigenvalue weighted by atomic mass is 10.1. The van der Waals surface area contributed by atoms with Crippen LogP contribution in [0.4, 0.5) is 5.82 Å². The van der Waals surface area contributed by atoms with Crippen LogP contribution in [0.2, 0.25) is 0 Å². The van der Waals surface area contributed by atoms with Crippen molar-refractivity contribution in [3.8, 4) is 17.2 Å². The van der Waals surface area contributed by atoms with Crippen molar-refractivity contribution in [3.05, 3.63) is 12.4 Å². The summed E-state index contributed by atoms with van der Waals surface area (Å²) in [6.07, 6.45) is 0.936. The summed E-state index contributed by atoms with van der Waals surface area (Å²) in [5.41, 5.74) is 0.613. The Labute approximate surface area is 157 Å². The van der Waals surface area contributed by atoms with Crippen LogP contribution in [0.25, 0.3) is 10.9 Å². The molecule has 9 heteroatoms. The molecule has 2 heterocycles. The molecule has 1 saturated heterocycles. The molecular formula is C18H24N4O5. The van der Waals surface area contributed by atoms with E-state index in [0.29, 0.717) is 48.3 Å². The number of carbonyl (C=O) groups excluding carboxylic acids is 1. The number of hydrogen-bond acceptors (Lipinski definition) is 8. The van der Waals surface area contributed by atoms with Gasteiger partial charge in [0.2, 0.25) is 5.75 Å². The van der Waals surface area contributed by atoms with Crippen molar-refractivity contribution in [2.24, 2.45) is 0 Å². The first-order chi connectivity index (χ1) is 13.0. The van der Waals surface area contributed by atoms with E-state index in [1.165, 1.54) is 11.2 Å². The minimum atomic E-state index is -0.541. The number of fused-ring (bicyclic) bond motifs is 1. The highest BCUT2D eigenvalue weighted by Crippen LogP contribution is 2.44. The van der Waals surface area contributed by atoms with Gasteiger partial charge in [0.25, 0.3) is 5.91 Å². The number of amides is 1. The van der Waals surface area contributed by atoms with E-state index >= 15 is 0 Å². The highest BCUT2D eigenvalue weighted by atomic mass is 16.5. The number of anilines is 1. The van der Waals surface area contributed by atoms with Gasteiger partial charge in [-0.1, -0.05) is 0 Å². The van der Waals surface area contributed by atoms with Crippen molar-refractivity contribution in [1.29, 1.82) is 0 Å². The second-order valence-corrected chi connectivity index (χ2v) is 6.28. The number of aromatic nitrogens is 2. The molecule has 1 aliphatic heterocycles. The Morgan fingerprint density at radius 1 is 1.19 bits per heavy atom. The number of carbonyl (C=O) groups is 1. The Bertz CT molecular complexity index is 842. The molecule has 1 fully saturated rings. The van der Waals surface area contributed by atoms with Crippen LogP contribution in [0.3, 0.4) is 0 Å². The zero-order valence-corrected chi connectivity index (χ0v) is 16.2. The van der Waals surface area contributed by atoms with E-state index in [9.17, 15) is 4.79 Å². The molecule has 1 atom stereocenters. The van der Waals surface area contributed by atoms with Crippen LogP contribution >= 0.6 is 0 Å². The Morgan fingerprint density at radius 3 is 2.56 bits per heavy atom. The molecule has 0 aliphatic carbocycles. The predicted molar refractivity (Wildman–Crippen MR) is 99.8 cm³/mol. The summed E-state index contributed by atoms with van der Waals surface area (Å²) in [4.78, 5) is 24.7. The number of methoxy groups -OCH3 is 3. The number of benzene rings is 1. The van der Waals surface area contributed by atoms with Crippen molar-refractivity contribution >= 4 is 22.6 Å². The zero-order valence-electron chi connectivity index (χ0n) is 16.2. The predicted octanol–water partition coefficient (Wildman–Crippen LogP) is 0.949. The maximum Gasteiger partial charge on any atom is 0.253 e. The van der Waals surface area contributed by atoms with Crippen LogP contribution in [-0.2, 0) is 9.53 Å². The van der Waals surface area contributed by atoms with Gasteiger partial charge in [-0.2, -0.15) is 0 Å². The summed E-state index contributed by atoms with van der Waals surface area (Å²) in [7, 11) is 8.10. The van der Waals surface area contributed by atoms with Crippen LogP contribution in [0.1, 0.15) is 0 Å². The number of likely N-dealkylation sites (N-methyl/N-ethyl adjacent to an activating group) is 1. The van der Waals surface area contributed by atoms with Gasteiger partial charge in [0, 0.05) is 20.6 Å². The highest BCUT2D eigenvalue weighted by molar-refractivity contribution is 5.97. The van der Waals surface area contributed by atoms with Crippen LogP contribution in [0, 0.1) is 0 Å². The van der Waals surface area contributed by atoms with Gasteiger partial charge in [0.1, 0.15) is 17.7 Å². The third kappa shape index (κ3) is 3.42. The molecule has 1 amide bonds. The SMILES string of the molecule is COc1cc2c(N3CCOC(C(=O)N(C)C)C3)ncnc2c(OC)c1OC. The molecule has 9 nitrogen and oxygen atoms in total. The summed E-state index contributed by atoms with van der Waals surface area (Å²) >= 11 is 0. The summed E-state index contributed by atoms with van der Waals surface area (Å²) < 4.78 is 22.1. The fourth-order valence-electron chi connectivity index (χ4n) is 3.18. The average molecular weight is 376 g/mol. The summed E-state index contributed by atoms with van der Waals surface area (Å²) in [6.45, 7) is 1.44. The Kier molecular flexibility index (Phi) is 5.50. The van der Waals surface area contributed by atoms with Gasteiger partial charge in [-0.25, -0.2) is 9.97 Å². The lowest BCUT2D eigenvalue weighted by molar-refractivity contribution is -0.141. The summed E-state index contributed by atoms with van der Waals surface area (Å²) in [6, 6.07) is 1.82. The first-order valence-corrected chi connectivity index (χ1v) is 8.53. The fraction of sp³-hybridized carbons (Fsp3) is 0.500. The number of nitrogens with zero attached hydrogens (tertiary/aromatic N) is 4. The third-order valence-electron chi connectivity index (χ3n) is 4.49. The van der Waals surface area contributed by atoms with E-state index in [0.717, 1.165) is 5.39 Å². The molecule has 0 N–H and O–H groups in total. The standard InChI is InChI=1S/C18H24N4O5/c1-21(2)18(23)13-9-22(6-7-27-13)17-11-8-12(24-3)15(25-4)16(26-5)14(11)19-10-20-17/h8,10,13H,6-7,9H2,1-5H3. The van der Waals surface area contributed by atoms with Crippen molar-refractivity contribution in [3.63, 3.8) is 0 Å². The van der Waals surface area contributed by atoms with Crippen molar-refractivity contribution in [2.45, 2.75) is 6.10 Å². The van der Waals surface area contributed by atoms with Gasteiger partial charge in [0.15, 0.2) is 17.6 Å². The molecule has 0 bridgehead atoms. The van der Waals surface area contributed by atoms with Crippen LogP contribution in [-0.4, -0.2) is 82.0 Å².